The zero-order chi connectivity index (χ0) is 20.1. The molecule has 0 saturated carbocycles. The zero-order valence-corrected chi connectivity index (χ0v) is 15.6. The lowest BCUT2D eigenvalue weighted by molar-refractivity contribution is -0.140. The number of esters is 1. The van der Waals surface area contributed by atoms with Gasteiger partial charge >= 0.3 is 5.97 Å². The van der Waals surface area contributed by atoms with Gasteiger partial charge < -0.3 is 9.47 Å². The van der Waals surface area contributed by atoms with E-state index in [2.05, 4.69) is 12.1 Å². The number of ether oxygens (including phenoxy) is 2. The topological polar surface area (TPSA) is 83.1 Å². The largest absolute Gasteiger partial charge is 0.465 e. The Morgan fingerprint density at radius 1 is 1.00 bits per heavy atom. The Kier molecular flexibility index (Phi) is 5.58. The van der Waals surface area contributed by atoms with E-state index in [-0.39, 0.29) is 6.61 Å². The van der Waals surface area contributed by atoms with Gasteiger partial charge in [-0.1, -0.05) is 42.5 Å². The van der Waals surface area contributed by atoms with Crippen molar-refractivity contribution in [2.75, 3.05) is 0 Å². The minimum atomic E-state index is -0.602. The molecule has 3 rings (SSSR count). The second-order valence-electron chi connectivity index (χ2n) is 6.38. The van der Waals surface area contributed by atoms with Crippen molar-refractivity contribution in [3.63, 3.8) is 0 Å². The molecule has 1 aliphatic rings. The lowest BCUT2D eigenvalue weighted by Crippen LogP contribution is -2.22. The van der Waals surface area contributed by atoms with Crippen LogP contribution in [0.1, 0.15) is 36.5 Å². The third-order valence-electron chi connectivity index (χ3n) is 4.57. The molecule has 0 aliphatic carbocycles. The molecule has 2 aromatic carbocycles. The lowest BCUT2D eigenvalue weighted by Gasteiger charge is -2.27. The van der Waals surface area contributed by atoms with Gasteiger partial charge in [-0.2, -0.15) is 10.5 Å². The summed E-state index contributed by atoms with van der Waals surface area (Å²) in [4.78, 5) is 12.9. The van der Waals surface area contributed by atoms with Crippen molar-refractivity contribution in [2.24, 2.45) is 0 Å². The molecule has 0 saturated heterocycles. The molecule has 0 bridgehead atoms. The molecule has 138 valence electrons. The van der Waals surface area contributed by atoms with E-state index in [0.29, 0.717) is 28.2 Å². The SMILES string of the molecule is CC1=C(C#N)C(c2ccc(C#N)cc2)C(C(=O)OCc2ccccc2)=C(C)O1. The van der Waals surface area contributed by atoms with E-state index in [4.69, 9.17) is 14.7 Å². The Bertz CT molecular complexity index is 1040. The minimum absolute atomic E-state index is 0.126. The van der Waals surface area contributed by atoms with E-state index in [0.717, 1.165) is 11.1 Å². The number of hydrogen-bond acceptors (Lipinski definition) is 5. The van der Waals surface area contributed by atoms with Crippen molar-refractivity contribution >= 4 is 5.97 Å². The molecule has 1 aliphatic heterocycles. The van der Waals surface area contributed by atoms with Crippen molar-refractivity contribution in [3.05, 3.63) is 94.0 Å². The predicted molar refractivity (Wildman–Crippen MR) is 102 cm³/mol. The predicted octanol–water partition coefficient (Wildman–Crippen LogP) is 4.49. The Balaban J connectivity index is 1.96. The molecule has 1 atom stereocenters. The van der Waals surface area contributed by atoms with Crippen molar-refractivity contribution < 1.29 is 14.3 Å². The van der Waals surface area contributed by atoms with E-state index < -0.39 is 11.9 Å². The van der Waals surface area contributed by atoms with Crippen LogP contribution in [0.25, 0.3) is 0 Å². The summed E-state index contributed by atoms with van der Waals surface area (Å²) in [5, 5.41) is 18.7. The Morgan fingerprint density at radius 2 is 1.68 bits per heavy atom. The first kappa shape index (κ1) is 18.9. The zero-order valence-electron chi connectivity index (χ0n) is 15.6. The molecule has 1 heterocycles. The Morgan fingerprint density at radius 3 is 2.29 bits per heavy atom. The second-order valence-corrected chi connectivity index (χ2v) is 6.38. The van der Waals surface area contributed by atoms with Gasteiger partial charge in [-0.25, -0.2) is 4.79 Å². The minimum Gasteiger partial charge on any atom is -0.465 e. The summed E-state index contributed by atoms with van der Waals surface area (Å²) in [5.41, 5.74) is 2.74. The normalized spacial score (nSPS) is 16.1. The van der Waals surface area contributed by atoms with Gasteiger partial charge in [0.15, 0.2) is 0 Å². The van der Waals surface area contributed by atoms with E-state index in [9.17, 15) is 10.1 Å². The van der Waals surface area contributed by atoms with Gasteiger partial charge in [0.25, 0.3) is 0 Å². The lowest BCUT2D eigenvalue weighted by atomic mass is 9.82. The van der Waals surface area contributed by atoms with Gasteiger partial charge in [-0.15, -0.1) is 0 Å². The van der Waals surface area contributed by atoms with E-state index >= 15 is 0 Å². The summed E-state index contributed by atoms with van der Waals surface area (Å²) < 4.78 is 11.2. The summed E-state index contributed by atoms with van der Waals surface area (Å²) in [5.74, 6) is -0.274. The molecule has 0 N–H and O–H groups in total. The Labute approximate surface area is 163 Å². The van der Waals surface area contributed by atoms with Crippen LogP contribution in [0.15, 0.2) is 77.3 Å². The second kappa shape index (κ2) is 8.24. The molecule has 5 heteroatoms. The summed E-state index contributed by atoms with van der Waals surface area (Å²) in [7, 11) is 0. The van der Waals surface area contributed by atoms with Crippen molar-refractivity contribution in [1.29, 1.82) is 10.5 Å². The van der Waals surface area contributed by atoms with Crippen LogP contribution in [0.4, 0.5) is 0 Å². The fourth-order valence-corrected chi connectivity index (χ4v) is 3.18. The van der Waals surface area contributed by atoms with Crippen molar-refractivity contribution in [2.45, 2.75) is 26.4 Å². The standard InChI is InChI=1S/C23H18N2O3/c1-15-20(13-25)22(19-10-8-17(12-24)9-11-19)21(16(2)28-15)23(26)27-14-18-6-4-3-5-7-18/h3-11,22H,14H2,1-2H3. The first-order valence-electron chi connectivity index (χ1n) is 8.75. The van der Waals surface area contributed by atoms with Crippen LogP contribution in [-0.2, 0) is 20.9 Å². The van der Waals surface area contributed by atoms with Gasteiger partial charge in [0.2, 0.25) is 0 Å². The molecular formula is C23H18N2O3. The third-order valence-corrected chi connectivity index (χ3v) is 4.57. The summed E-state index contributed by atoms with van der Waals surface area (Å²) in [6.07, 6.45) is 0. The molecule has 0 fully saturated rings. The van der Waals surface area contributed by atoms with Crippen LogP contribution in [0.2, 0.25) is 0 Å². The quantitative estimate of drug-likeness (QED) is 0.741. The van der Waals surface area contributed by atoms with E-state index in [1.807, 2.05) is 30.3 Å². The summed E-state index contributed by atoms with van der Waals surface area (Å²) in [6, 6.07) is 20.4. The highest BCUT2D eigenvalue weighted by Crippen LogP contribution is 2.40. The maximum atomic E-state index is 12.9. The van der Waals surface area contributed by atoms with Crippen LogP contribution < -0.4 is 0 Å². The third kappa shape index (κ3) is 3.79. The van der Waals surface area contributed by atoms with Crippen LogP contribution in [-0.4, -0.2) is 5.97 Å². The number of hydrogen-bond donors (Lipinski definition) is 0. The fraction of sp³-hybridized carbons (Fsp3) is 0.174. The highest BCUT2D eigenvalue weighted by atomic mass is 16.5. The van der Waals surface area contributed by atoms with Gasteiger partial charge in [-0.05, 0) is 37.1 Å². The number of benzene rings is 2. The highest BCUT2D eigenvalue weighted by Gasteiger charge is 2.35. The smallest absolute Gasteiger partial charge is 0.338 e. The Hall–Kier alpha value is -3.83. The van der Waals surface area contributed by atoms with Crippen LogP contribution >= 0.6 is 0 Å². The van der Waals surface area contributed by atoms with Crippen molar-refractivity contribution in [3.8, 4) is 12.1 Å². The summed E-state index contributed by atoms with van der Waals surface area (Å²) in [6.45, 7) is 3.51. The number of nitriles is 2. The average molecular weight is 370 g/mol. The molecule has 0 radical (unpaired) electrons. The maximum absolute atomic E-state index is 12.9. The molecule has 0 spiro atoms. The van der Waals surface area contributed by atoms with Crippen LogP contribution in [0, 0.1) is 22.7 Å². The first-order chi connectivity index (χ1) is 13.5. The fourth-order valence-electron chi connectivity index (χ4n) is 3.18. The number of nitrogens with zero attached hydrogens (tertiary/aromatic N) is 2. The number of rotatable bonds is 4. The van der Waals surface area contributed by atoms with E-state index in [1.54, 1.807) is 38.1 Å². The first-order valence-corrected chi connectivity index (χ1v) is 8.75. The number of carbonyl (C=O) groups excluding carboxylic acids is 1. The van der Waals surface area contributed by atoms with Gasteiger partial charge in [0.1, 0.15) is 18.1 Å². The molecular weight excluding hydrogens is 352 g/mol. The van der Waals surface area contributed by atoms with Gasteiger partial charge in [-0.3, -0.25) is 0 Å². The summed E-state index contributed by atoms with van der Waals surface area (Å²) >= 11 is 0. The maximum Gasteiger partial charge on any atom is 0.338 e. The van der Waals surface area contributed by atoms with Gasteiger partial charge in [0, 0.05) is 0 Å². The van der Waals surface area contributed by atoms with Crippen LogP contribution in [0.3, 0.4) is 0 Å². The number of allylic oxidation sites excluding steroid dienone is 3. The van der Waals surface area contributed by atoms with Gasteiger partial charge in [0.05, 0.1) is 34.8 Å². The van der Waals surface area contributed by atoms with Crippen LogP contribution in [0.5, 0.6) is 0 Å². The average Bonchev–Trinajstić information content (AvgIpc) is 2.72. The number of carbonyl (C=O) groups is 1. The molecule has 1 unspecified atom stereocenters. The molecule has 5 nitrogen and oxygen atoms in total. The molecule has 0 aromatic heterocycles. The van der Waals surface area contributed by atoms with Crippen molar-refractivity contribution in [1.82, 2.24) is 0 Å². The molecule has 2 aromatic rings. The highest BCUT2D eigenvalue weighted by molar-refractivity contribution is 5.92. The molecule has 0 amide bonds. The monoisotopic (exact) mass is 370 g/mol. The molecule has 28 heavy (non-hydrogen) atoms. The van der Waals surface area contributed by atoms with E-state index in [1.165, 1.54) is 0 Å².